The van der Waals surface area contributed by atoms with Gasteiger partial charge in [-0.3, -0.25) is 5.41 Å². The zero-order chi connectivity index (χ0) is 4.99. The minimum atomic E-state index is 0. The quantitative estimate of drug-likeness (QED) is 0.490. The molecule has 0 fully saturated rings. The average Bonchev–Trinajstić information content (AvgIpc) is 1.35. The van der Waals surface area contributed by atoms with Crippen molar-refractivity contribution in [1.82, 2.24) is 0 Å². The van der Waals surface area contributed by atoms with Crippen molar-refractivity contribution in [1.29, 1.82) is 5.41 Å². The summed E-state index contributed by atoms with van der Waals surface area (Å²) in [6, 6.07) is 0. The molecule has 0 spiro atoms. The molecule has 5 heteroatoms. The van der Waals surface area contributed by atoms with E-state index in [1.165, 1.54) is 0 Å². The van der Waals surface area contributed by atoms with Crippen LogP contribution in [0.15, 0.2) is 0 Å². The Morgan fingerprint density at radius 3 is 2.00 bits per heavy atom. The van der Waals surface area contributed by atoms with Gasteiger partial charge in [-0.2, -0.15) is 11.8 Å². The molecule has 52 valence electrons. The van der Waals surface area contributed by atoms with E-state index >= 15 is 0 Å². The number of thioether (sulfide) groups is 1. The number of halogens is 2. The highest BCUT2D eigenvalue weighted by Crippen LogP contribution is 1.86. The third kappa shape index (κ3) is 16.1. The van der Waals surface area contributed by atoms with Gasteiger partial charge in [-0.1, -0.05) is 0 Å². The first-order valence-corrected chi connectivity index (χ1v) is 2.98. The predicted octanol–water partition coefficient (Wildman–Crippen LogP) is 1.13. The number of rotatable bonds is 2. The summed E-state index contributed by atoms with van der Waals surface area (Å²) < 4.78 is 0. The van der Waals surface area contributed by atoms with E-state index in [1.807, 2.05) is 6.26 Å². The van der Waals surface area contributed by atoms with E-state index in [9.17, 15) is 0 Å². The first-order chi connectivity index (χ1) is 2.77. The van der Waals surface area contributed by atoms with E-state index in [-0.39, 0.29) is 30.6 Å². The molecule has 8 heavy (non-hydrogen) atoms. The first-order valence-electron chi connectivity index (χ1n) is 1.59. The number of nitrogens with one attached hydrogen (secondary N) is 1. The number of hydrogen-bond donors (Lipinski definition) is 2. The van der Waals surface area contributed by atoms with E-state index < -0.39 is 0 Å². The second-order valence-corrected chi connectivity index (χ2v) is 1.82. The third-order valence-corrected chi connectivity index (χ3v) is 0.900. The van der Waals surface area contributed by atoms with Crippen molar-refractivity contribution < 1.29 is 0 Å². The lowest BCUT2D eigenvalue weighted by Gasteiger charge is -1.86. The minimum absolute atomic E-state index is 0. The van der Waals surface area contributed by atoms with Crippen molar-refractivity contribution in [3.8, 4) is 0 Å². The SMILES string of the molecule is CSCC(=N)N.Cl.Cl. The van der Waals surface area contributed by atoms with Crippen LogP contribution in [-0.4, -0.2) is 17.8 Å². The van der Waals surface area contributed by atoms with Crippen LogP contribution in [0.3, 0.4) is 0 Å². The Morgan fingerprint density at radius 1 is 1.62 bits per heavy atom. The van der Waals surface area contributed by atoms with E-state index in [0.717, 1.165) is 0 Å². The van der Waals surface area contributed by atoms with Crippen LogP contribution in [0.4, 0.5) is 0 Å². The Kier molecular flexibility index (Phi) is 20.5. The van der Waals surface area contributed by atoms with Gasteiger partial charge in [0.1, 0.15) is 5.84 Å². The lowest BCUT2D eigenvalue weighted by atomic mass is 10.7. The number of nitrogens with two attached hydrogens (primary N) is 1. The molecule has 2 nitrogen and oxygen atoms in total. The van der Waals surface area contributed by atoms with Crippen LogP contribution in [0.2, 0.25) is 0 Å². The van der Waals surface area contributed by atoms with Crippen molar-refractivity contribution >= 4 is 42.4 Å². The monoisotopic (exact) mass is 176 g/mol. The molecule has 0 heterocycles. The molecule has 0 atom stereocenters. The van der Waals surface area contributed by atoms with Gasteiger partial charge in [-0.25, -0.2) is 0 Å². The Balaban J connectivity index is -0.000000125. The maximum absolute atomic E-state index is 6.65. The summed E-state index contributed by atoms with van der Waals surface area (Å²) in [5.41, 5.74) is 4.97. The molecule has 0 aliphatic heterocycles. The van der Waals surface area contributed by atoms with Crippen LogP contribution in [0.5, 0.6) is 0 Å². The summed E-state index contributed by atoms with van der Waals surface area (Å²) in [6.07, 6.45) is 1.92. The molecular formula is C3H10Cl2N2S. The molecule has 0 saturated carbocycles. The summed E-state index contributed by atoms with van der Waals surface area (Å²) in [4.78, 5) is 0. The highest BCUT2D eigenvalue weighted by atomic mass is 35.5. The van der Waals surface area contributed by atoms with E-state index in [4.69, 9.17) is 11.1 Å². The molecule has 0 aromatic heterocycles. The maximum atomic E-state index is 6.65. The van der Waals surface area contributed by atoms with Gasteiger partial charge in [-0.15, -0.1) is 24.8 Å². The first kappa shape index (κ1) is 15.8. The van der Waals surface area contributed by atoms with Gasteiger partial charge in [0, 0.05) is 0 Å². The molecule has 0 bridgehead atoms. The van der Waals surface area contributed by atoms with E-state index in [1.54, 1.807) is 11.8 Å². The van der Waals surface area contributed by atoms with Crippen LogP contribution in [-0.2, 0) is 0 Å². The molecule has 0 aliphatic rings. The highest BCUT2D eigenvalue weighted by Gasteiger charge is 1.79. The van der Waals surface area contributed by atoms with Gasteiger partial charge in [0.25, 0.3) is 0 Å². The average molecular weight is 177 g/mol. The largest absolute Gasteiger partial charge is 0.387 e. The summed E-state index contributed by atoms with van der Waals surface area (Å²) >= 11 is 1.56. The molecule has 0 saturated heterocycles. The van der Waals surface area contributed by atoms with Crippen molar-refractivity contribution in [3.05, 3.63) is 0 Å². The maximum Gasteiger partial charge on any atom is 0.101 e. The summed E-state index contributed by atoms with van der Waals surface area (Å²) in [5.74, 6) is 0.905. The Labute approximate surface area is 65.9 Å². The van der Waals surface area contributed by atoms with Crippen molar-refractivity contribution in [2.24, 2.45) is 5.73 Å². The minimum Gasteiger partial charge on any atom is -0.387 e. The molecule has 0 radical (unpaired) electrons. The molecule has 0 rings (SSSR count). The predicted molar refractivity (Wildman–Crippen MR) is 44.8 cm³/mol. The molecule has 0 aromatic carbocycles. The zero-order valence-corrected chi connectivity index (χ0v) is 6.96. The second-order valence-electron chi connectivity index (χ2n) is 0.958. The Hall–Kier alpha value is 0.400. The molecular weight excluding hydrogens is 167 g/mol. The molecule has 0 aromatic rings. The van der Waals surface area contributed by atoms with Gasteiger partial charge in [0.15, 0.2) is 0 Å². The lowest BCUT2D eigenvalue weighted by Crippen LogP contribution is -2.11. The Morgan fingerprint density at radius 2 is 2.00 bits per heavy atom. The standard InChI is InChI=1S/C3H8N2S.2ClH/c1-6-2-3(4)5;;/h2H2,1H3,(H3,4,5);2*1H. The van der Waals surface area contributed by atoms with Crippen LogP contribution in [0.25, 0.3) is 0 Å². The van der Waals surface area contributed by atoms with Gasteiger partial charge in [0.2, 0.25) is 0 Å². The smallest absolute Gasteiger partial charge is 0.101 e. The van der Waals surface area contributed by atoms with Gasteiger partial charge in [-0.05, 0) is 6.26 Å². The van der Waals surface area contributed by atoms with Crippen LogP contribution in [0, 0.1) is 5.41 Å². The topological polar surface area (TPSA) is 49.9 Å². The summed E-state index contributed by atoms with van der Waals surface area (Å²) in [6.45, 7) is 0. The van der Waals surface area contributed by atoms with Crippen molar-refractivity contribution in [2.75, 3.05) is 12.0 Å². The lowest BCUT2D eigenvalue weighted by molar-refractivity contribution is 1.43. The van der Waals surface area contributed by atoms with Gasteiger partial charge < -0.3 is 5.73 Å². The van der Waals surface area contributed by atoms with Crippen LogP contribution in [0.1, 0.15) is 0 Å². The number of amidine groups is 1. The number of hydrogen-bond acceptors (Lipinski definition) is 2. The fourth-order valence-corrected chi connectivity index (χ4v) is 0.467. The fraction of sp³-hybridized carbons (Fsp3) is 0.667. The third-order valence-electron chi connectivity index (χ3n) is 0.300. The Bertz CT molecular complexity index is 59.2. The van der Waals surface area contributed by atoms with Gasteiger partial charge in [0.05, 0.1) is 5.75 Å². The zero-order valence-electron chi connectivity index (χ0n) is 4.51. The normalized spacial score (nSPS) is 6.12. The summed E-state index contributed by atoms with van der Waals surface area (Å²) in [7, 11) is 0. The second kappa shape index (κ2) is 10.4. The van der Waals surface area contributed by atoms with Gasteiger partial charge >= 0.3 is 0 Å². The van der Waals surface area contributed by atoms with E-state index in [2.05, 4.69) is 0 Å². The molecule has 0 amide bonds. The van der Waals surface area contributed by atoms with Crippen molar-refractivity contribution in [3.63, 3.8) is 0 Å². The van der Waals surface area contributed by atoms with Crippen molar-refractivity contribution in [2.45, 2.75) is 0 Å². The summed E-state index contributed by atoms with van der Waals surface area (Å²) in [5, 5.41) is 6.65. The highest BCUT2D eigenvalue weighted by molar-refractivity contribution is 7.99. The molecule has 3 N–H and O–H groups in total. The van der Waals surface area contributed by atoms with E-state index in [0.29, 0.717) is 5.75 Å². The molecule has 0 aliphatic carbocycles. The molecule has 0 unspecified atom stereocenters. The fourth-order valence-electron chi connectivity index (χ4n) is 0.156. The van der Waals surface area contributed by atoms with Crippen LogP contribution < -0.4 is 5.73 Å². The van der Waals surface area contributed by atoms with Crippen LogP contribution >= 0.6 is 36.6 Å².